The molecule has 0 aromatic carbocycles. The highest BCUT2D eigenvalue weighted by atomic mass is 16.5. The van der Waals surface area contributed by atoms with Crippen LogP contribution in [0.4, 0.5) is 0 Å². The van der Waals surface area contributed by atoms with E-state index in [1.807, 2.05) is 13.8 Å². The van der Waals surface area contributed by atoms with Crippen molar-refractivity contribution in [3.63, 3.8) is 0 Å². The van der Waals surface area contributed by atoms with Crippen LogP contribution in [-0.4, -0.2) is 50.5 Å². The van der Waals surface area contributed by atoms with E-state index in [9.17, 15) is 9.90 Å². The van der Waals surface area contributed by atoms with Crippen LogP contribution in [0.2, 0.25) is 0 Å². The minimum absolute atomic E-state index is 0.0231. The third kappa shape index (κ3) is 4.26. The highest BCUT2D eigenvalue weighted by molar-refractivity contribution is 5.81. The average molecular weight is 244 g/mol. The number of hydrogen-bond acceptors (Lipinski definition) is 4. The molecule has 100 valence electrons. The molecule has 5 heteroatoms. The lowest BCUT2D eigenvalue weighted by atomic mass is 9.91. The van der Waals surface area contributed by atoms with Gasteiger partial charge in [-0.3, -0.25) is 4.79 Å². The summed E-state index contributed by atoms with van der Waals surface area (Å²) in [7, 11) is 1.59. The number of aliphatic hydroxyl groups excluding tert-OH is 1. The number of aliphatic hydroxyl groups is 1. The second kappa shape index (κ2) is 6.33. The first-order chi connectivity index (χ1) is 7.97. The van der Waals surface area contributed by atoms with Crippen molar-refractivity contribution in [1.82, 2.24) is 10.6 Å². The van der Waals surface area contributed by atoms with Crippen LogP contribution < -0.4 is 10.6 Å². The zero-order valence-electron chi connectivity index (χ0n) is 11.0. The second-order valence-electron chi connectivity index (χ2n) is 5.35. The van der Waals surface area contributed by atoms with E-state index in [2.05, 4.69) is 10.6 Å². The Kier molecular flexibility index (Phi) is 5.36. The fraction of sp³-hybridized carbons (Fsp3) is 0.917. The Morgan fingerprint density at radius 1 is 1.59 bits per heavy atom. The molecule has 1 amide bonds. The van der Waals surface area contributed by atoms with Crippen molar-refractivity contribution in [3.05, 3.63) is 0 Å². The molecule has 1 aliphatic heterocycles. The summed E-state index contributed by atoms with van der Waals surface area (Å²) in [6.45, 7) is 6.15. The third-order valence-electron chi connectivity index (χ3n) is 3.23. The van der Waals surface area contributed by atoms with E-state index in [0.717, 1.165) is 13.0 Å². The molecule has 17 heavy (non-hydrogen) atoms. The fourth-order valence-corrected chi connectivity index (χ4v) is 2.02. The zero-order valence-corrected chi connectivity index (χ0v) is 11.0. The van der Waals surface area contributed by atoms with Gasteiger partial charge in [0, 0.05) is 26.1 Å². The Morgan fingerprint density at radius 2 is 2.29 bits per heavy atom. The molecule has 0 aliphatic carbocycles. The monoisotopic (exact) mass is 244 g/mol. The molecule has 0 saturated carbocycles. The number of carbonyl (C=O) groups is 1. The normalized spacial score (nSPS) is 25.6. The highest BCUT2D eigenvalue weighted by Gasteiger charge is 2.29. The maximum Gasteiger partial charge on any atom is 0.227 e. The van der Waals surface area contributed by atoms with Crippen LogP contribution in [0.25, 0.3) is 0 Å². The minimum atomic E-state index is -0.521. The van der Waals surface area contributed by atoms with E-state index in [4.69, 9.17) is 4.74 Å². The number of ether oxygens (including phenoxy) is 1. The Bertz CT molecular complexity index is 256. The first-order valence-electron chi connectivity index (χ1n) is 6.13. The summed E-state index contributed by atoms with van der Waals surface area (Å²) in [5, 5.41) is 15.8. The molecule has 0 unspecified atom stereocenters. The van der Waals surface area contributed by atoms with Gasteiger partial charge in [0.05, 0.1) is 18.1 Å². The van der Waals surface area contributed by atoms with Crippen molar-refractivity contribution in [2.24, 2.45) is 11.3 Å². The van der Waals surface area contributed by atoms with Gasteiger partial charge in [0.1, 0.15) is 0 Å². The van der Waals surface area contributed by atoms with Gasteiger partial charge in [-0.2, -0.15) is 0 Å². The van der Waals surface area contributed by atoms with Gasteiger partial charge in [0.25, 0.3) is 0 Å². The second-order valence-corrected chi connectivity index (χ2v) is 5.35. The van der Waals surface area contributed by atoms with Gasteiger partial charge in [-0.1, -0.05) is 0 Å². The molecule has 0 bridgehead atoms. The third-order valence-corrected chi connectivity index (χ3v) is 3.23. The van der Waals surface area contributed by atoms with Gasteiger partial charge in [0.15, 0.2) is 0 Å². The molecule has 1 aliphatic rings. The first kappa shape index (κ1) is 14.4. The predicted molar refractivity (Wildman–Crippen MR) is 65.7 cm³/mol. The maximum absolute atomic E-state index is 11.9. The van der Waals surface area contributed by atoms with Gasteiger partial charge in [-0.05, 0) is 26.8 Å². The molecule has 2 atom stereocenters. The van der Waals surface area contributed by atoms with Crippen LogP contribution in [0.5, 0.6) is 0 Å². The summed E-state index contributed by atoms with van der Waals surface area (Å²) in [5.74, 6) is 0.128. The van der Waals surface area contributed by atoms with Crippen molar-refractivity contribution in [2.75, 3.05) is 33.4 Å². The summed E-state index contributed by atoms with van der Waals surface area (Å²) in [6.07, 6.45) is 0.529. The van der Waals surface area contributed by atoms with Crippen LogP contribution in [0.1, 0.15) is 20.3 Å². The van der Waals surface area contributed by atoms with E-state index >= 15 is 0 Å². The van der Waals surface area contributed by atoms with Crippen LogP contribution in [0.3, 0.4) is 0 Å². The van der Waals surface area contributed by atoms with E-state index in [1.165, 1.54) is 0 Å². The molecule has 5 nitrogen and oxygen atoms in total. The molecule has 1 heterocycles. The number of piperidine rings is 1. The van der Waals surface area contributed by atoms with Gasteiger partial charge in [-0.25, -0.2) is 0 Å². The number of nitrogens with one attached hydrogen (secondary N) is 2. The zero-order chi connectivity index (χ0) is 12.9. The SMILES string of the molecule is COCC(C)(C)C(=O)NC[C@@H]1CCNC[C@H]1O. The maximum atomic E-state index is 11.9. The summed E-state index contributed by atoms with van der Waals surface area (Å²) >= 11 is 0. The van der Waals surface area contributed by atoms with Gasteiger partial charge in [-0.15, -0.1) is 0 Å². The van der Waals surface area contributed by atoms with Crippen LogP contribution in [-0.2, 0) is 9.53 Å². The predicted octanol–water partition coefficient (Wildman–Crippen LogP) is -0.254. The Balaban J connectivity index is 2.36. The summed E-state index contributed by atoms with van der Waals surface area (Å²) in [6, 6.07) is 0. The standard InChI is InChI=1S/C12H24N2O3/c1-12(2,8-17-3)11(16)14-6-9-4-5-13-7-10(9)15/h9-10,13,15H,4-8H2,1-3H3,(H,14,16)/t9-,10+/m0/s1. The van der Waals surface area contributed by atoms with Crippen molar-refractivity contribution in [2.45, 2.75) is 26.4 Å². The molecule has 1 fully saturated rings. The summed E-state index contributed by atoms with van der Waals surface area (Å²) in [5.41, 5.74) is -0.521. The molecule has 3 N–H and O–H groups in total. The van der Waals surface area contributed by atoms with Crippen molar-refractivity contribution in [3.8, 4) is 0 Å². The van der Waals surface area contributed by atoms with Crippen molar-refractivity contribution in [1.29, 1.82) is 0 Å². The van der Waals surface area contributed by atoms with E-state index in [1.54, 1.807) is 7.11 Å². The van der Waals surface area contributed by atoms with Crippen LogP contribution >= 0.6 is 0 Å². The molecule has 1 rings (SSSR count). The number of hydrogen-bond donors (Lipinski definition) is 3. The number of β-amino-alcohol motifs (C(OH)–C–C–N with tert-alkyl or cyclic N) is 1. The molecule has 0 radical (unpaired) electrons. The molecular weight excluding hydrogens is 220 g/mol. The highest BCUT2D eigenvalue weighted by Crippen LogP contribution is 2.16. The molecule has 0 aromatic rings. The number of methoxy groups -OCH3 is 1. The Morgan fingerprint density at radius 3 is 2.88 bits per heavy atom. The van der Waals surface area contributed by atoms with Gasteiger partial charge >= 0.3 is 0 Å². The van der Waals surface area contributed by atoms with Crippen LogP contribution in [0, 0.1) is 11.3 Å². The average Bonchev–Trinajstić information content (AvgIpc) is 2.27. The van der Waals surface area contributed by atoms with Crippen molar-refractivity contribution >= 4 is 5.91 Å². The lowest BCUT2D eigenvalue weighted by molar-refractivity contribution is -0.132. The quantitative estimate of drug-likeness (QED) is 0.623. The topological polar surface area (TPSA) is 70.6 Å². The lowest BCUT2D eigenvalue weighted by Crippen LogP contribution is -2.48. The van der Waals surface area contributed by atoms with Crippen molar-refractivity contribution < 1.29 is 14.6 Å². The first-order valence-corrected chi connectivity index (χ1v) is 6.13. The van der Waals surface area contributed by atoms with Crippen LogP contribution in [0.15, 0.2) is 0 Å². The number of carbonyl (C=O) groups excluding carboxylic acids is 1. The number of rotatable bonds is 5. The molecule has 0 aromatic heterocycles. The largest absolute Gasteiger partial charge is 0.391 e. The molecule has 0 spiro atoms. The smallest absolute Gasteiger partial charge is 0.227 e. The summed E-state index contributed by atoms with van der Waals surface area (Å²) < 4.78 is 5.02. The molecule has 1 saturated heterocycles. The fourth-order valence-electron chi connectivity index (χ4n) is 2.02. The van der Waals surface area contributed by atoms with E-state index in [0.29, 0.717) is 19.7 Å². The van der Waals surface area contributed by atoms with Gasteiger partial charge in [0.2, 0.25) is 5.91 Å². The Labute approximate surface area is 103 Å². The lowest BCUT2D eigenvalue weighted by Gasteiger charge is -2.30. The molecular formula is C12H24N2O3. The summed E-state index contributed by atoms with van der Waals surface area (Å²) in [4.78, 5) is 11.9. The van der Waals surface area contributed by atoms with E-state index in [-0.39, 0.29) is 17.9 Å². The van der Waals surface area contributed by atoms with E-state index < -0.39 is 5.41 Å². The van der Waals surface area contributed by atoms with Gasteiger partial charge < -0.3 is 20.5 Å². The Hall–Kier alpha value is -0.650. The number of amides is 1. The minimum Gasteiger partial charge on any atom is -0.391 e.